The van der Waals surface area contributed by atoms with E-state index in [4.69, 9.17) is 0 Å². The number of hydrogen-bond acceptors (Lipinski definition) is 7. The van der Waals surface area contributed by atoms with Crippen LogP contribution in [0.1, 0.15) is 44.8 Å². The van der Waals surface area contributed by atoms with E-state index in [1.54, 1.807) is 7.05 Å². The van der Waals surface area contributed by atoms with Gasteiger partial charge in [0.1, 0.15) is 5.82 Å². The monoisotopic (exact) mass is 321 g/mol. The molecule has 1 fully saturated rings. The molecule has 2 heterocycles. The summed E-state index contributed by atoms with van der Waals surface area (Å²) >= 11 is 1.47. The van der Waals surface area contributed by atoms with Crippen molar-refractivity contribution in [3.8, 4) is 0 Å². The highest BCUT2D eigenvalue weighted by Crippen LogP contribution is 2.32. The van der Waals surface area contributed by atoms with Crippen molar-refractivity contribution < 1.29 is 0 Å². The predicted molar refractivity (Wildman–Crippen MR) is 85.6 cm³/mol. The Balaban J connectivity index is 1.74. The van der Waals surface area contributed by atoms with E-state index in [1.807, 2.05) is 0 Å². The summed E-state index contributed by atoms with van der Waals surface area (Å²) in [7, 11) is 1.79. The van der Waals surface area contributed by atoms with E-state index in [0.717, 1.165) is 41.6 Å². The lowest BCUT2D eigenvalue weighted by molar-refractivity contribution is 0.500. The highest BCUT2D eigenvalue weighted by atomic mass is 32.1. The van der Waals surface area contributed by atoms with Crippen molar-refractivity contribution in [1.82, 2.24) is 29.6 Å². The van der Waals surface area contributed by atoms with Crippen LogP contribution >= 0.6 is 11.5 Å². The third-order valence-electron chi connectivity index (χ3n) is 4.21. The molecule has 0 amide bonds. The molecular formula is C14H23N7S. The zero-order chi connectivity index (χ0) is 15.5. The van der Waals surface area contributed by atoms with Crippen molar-refractivity contribution in [2.24, 2.45) is 18.9 Å². The minimum Gasteiger partial charge on any atom is -0.339 e. The summed E-state index contributed by atoms with van der Waals surface area (Å²) in [5.74, 6) is 3.21. The fraction of sp³-hybridized carbons (Fsp3) is 0.786. The smallest absolute Gasteiger partial charge is 0.205 e. The fourth-order valence-corrected chi connectivity index (χ4v) is 3.84. The average Bonchev–Trinajstić information content (AvgIpc) is 3.20. The Bertz CT molecular complexity index is 608. The van der Waals surface area contributed by atoms with E-state index in [9.17, 15) is 0 Å². The Morgan fingerprint density at radius 3 is 2.77 bits per heavy atom. The molecule has 1 aliphatic carbocycles. The van der Waals surface area contributed by atoms with Gasteiger partial charge < -0.3 is 4.90 Å². The summed E-state index contributed by atoms with van der Waals surface area (Å²) in [5, 5.41) is 13.3. The van der Waals surface area contributed by atoms with E-state index in [1.165, 1.54) is 35.6 Å². The van der Waals surface area contributed by atoms with Crippen LogP contribution in [0.2, 0.25) is 0 Å². The number of nitrogens with zero attached hydrogens (tertiary/aromatic N) is 7. The SMILES string of the molecule is CCc1nsc(N(Cc2nnn(C)n2)CC2CCC(C)C2)n1. The molecule has 3 rings (SSSR count). The maximum absolute atomic E-state index is 4.64. The predicted octanol–water partition coefficient (Wildman–Crippen LogP) is 2.07. The van der Waals surface area contributed by atoms with Gasteiger partial charge in [-0.25, -0.2) is 4.98 Å². The van der Waals surface area contributed by atoms with Crippen LogP contribution in [0.4, 0.5) is 5.13 Å². The van der Waals surface area contributed by atoms with Gasteiger partial charge >= 0.3 is 0 Å². The number of anilines is 1. The lowest BCUT2D eigenvalue weighted by Gasteiger charge is -2.23. The Morgan fingerprint density at radius 2 is 2.18 bits per heavy atom. The van der Waals surface area contributed by atoms with E-state index >= 15 is 0 Å². The molecule has 0 N–H and O–H groups in total. The third-order valence-corrected chi connectivity index (χ3v) is 5.02. The average molecular weight is 321 g/mol. The third kappa shape index (κ3) is 3.60. The summed E-state index contributed by atoms with van der Waals surface area (Å²) in [6, 6.07) is 0. The van der Waals surface area contributed by atoms with Crippen molar-refractivity contribution in [2.75, 3.05) is 11.4 Å². The number of tetrazole rings is 1. The molecule has 0 aromatic carbocycles. The Labute approximate surface area is 134 Å². The maximum atomic E-state index is 4.64. The molecule has 2 unspecified atom stereocenters. The van der Waals surface area contributed by atoms with Crippen molar-refractivity contribution in [3.63, 3.8) is 0 Å². The van der Waals surface area contributed by atoms with Crippen LogP contribution < -0.4 is 4.90 Å². The largest absolute Gasteiger partial charge is 0.339 e. The molecule has 22 heavy (non-hydrogen) atoms. The van der Waals surface area contributed by atoms with Gasteiger partial charge in [0.05, 0.1) is 13.6 Å². The molecule has 0 saturated heterocycles. The zero-order valence-electron chi connectivity index (χ0n) is 13.4. The topological polar surface area (TPSA) is 72.6 Å². The Morgan fingerprint density at radius 1 is 1.32 bits per heavy atom. The highest BCUT2D eigenvalue weighted by molar-refractivity contribution is 7.09. The summed E-state index contributed by atoms with van der Waals surface area (Å²) in [4.78, 5) is 8.42. The highest BCUT2D eigenvalue weighted by Gasteiger charge is 2.25. The van der Waals surface area contributed by atoms with Crippen LogP contribution in [0.25, 0.3) is 0 Å². The number of aryl methyl sites for hydroxylation is 2. The number of aromatic nitrogens is 6. The summed E-state index contributed by atoms with van der Waals surface area (Å²) < 4.78 is 4.42. The van der Waals surface area contributed by atoms with E-state index < -0.39 is 0 Å². The van der Waals surface area contributed by atoms with Gasteiger partial charge in [-0.15, -0.1) is 10.2 Å². The Hall–Kier alpha value is -1.57. The van der Waals surface area contributed by atoms with Gasteiger partial charge in [0.15, 0.2) is 5.82 Å². The molecular weight excluding hydrogens is 298 g/mol. The molecule has 0 radical (unpaired) electrons. The van der Waals surface area contributed by atoms with Crippen molar-refractivity contribution in [3.05, 3.63) is 11.6 Å². The molecule has 1 saturated carbocycles. The van der Waals surface area contributed by atoms with Crippen molar-refractivity contribution in [2.45, 2.75) is 46.1 Å². The molecule has 1 aliphatic rings. The van der Waals surface area contributed by atoms with E-state index in [2.05, 4.69) is 43.5 Å². The lowest BCUT2D eigenvalue weighted by atomic mass is 10.1. The second kappa shape index (κ2) is 6.68. The molecule has 7 nitrogen and oxygen atoms in total. The Kier molecular flexibility index (Phi) is 4.66. The first-order valence-corrected chi connectivity index (χ1v) is 8.71. The van der Waals surface area contributed by atoms with E-state index in [-0.39, 0.29) is 0 Å². The maximum Gasteiger partial charge on any atom is 0.205 e. The summed E-state index contributed by atoms with van der Waals surface area (Å²) in [6.07, 6.45) is 4.79. The normalized spacial score (nSPS) is 21.4. The zero-order valence-corrected chi connectivity index (χ0v) is 14.3. The van der Waals surface area contributed by atoms with Crippen LogP contribution in [0.3, 0.4) is 0 Å². The van der Waals surface area contributed by atoms with Gasteiger partial charge in [-0.05, 0) is 29.9 Å². The molecule has 2 aromatic rings. The fourth-order valence-electron chi connectivity index (χ4n) is 3.09. The lowest BCUT2D eigenvalue weighted by Crippen LogP contribution is -2.29. The molecule has 0 spiro atoms. The second-order valence-corrected chi connectivity index (χ2v) is 6.94. The first-order chi connectivity index (χ1) is 10.6. The van der Waals surface area contributed by atoms with Crippen molar-refractivity contribution >= 4 is 16.7 Å². The van der Waals surface area contributed by atoms with Crippen LogP contribution in [0.15, 0.2) is 0 Å². The van der Waals surface area contributed by atoms with Gasteiger partial charge in [0.2, 0.25) is 5.13 Å². The minimum absolute atomic E-state index is 0.650. The number of hydrogen-bond donors (Lipinski definition) is 0. The molecule has 0 bridgehead atoms. The van der Waals surface area contributed by atoms with Gasteiger partial charge in [0, 0.05) is 24.5 Å². The molecule has 2 atom stereocenters. The number of rotatable bonds is 6. The second-order valence-electron chi connectivity index (χ2n) is 6.21. The quantitative estimate of drug-likeness (QED) is 0.811. The van der Waals surface area contributed by atoms with Gasteiger partial charge in [0.25, 0.3) is 0 Å². The van der Waals surface area contributed by atoms with Gasteiger partial charge in [-0.1, -0.05) is 20.3 Å². The van der Waals surface area contributed by atoms with Crippen LogP contribution in [-0.2, 0) is 20.0 Å². The molecule has 0 aliphatic heterocycles. The van der Waals surface area contributed by atoms with Gasteiger partial charge in [-0.3, -0.25) is 0 Å². The first kappa shape index (κ1) is 15.3. The van der Waals surface area contributed by atoms with Crippen LogP contribution in [0.5, 0.6) is 0 Å². The van der Waals surface area contributed by atoms with Crippen LogP contribution in [0, 0.1) is 11.8 Å². The standard InChI is InChI=1S/C14H23N7S/c1-4-12-15-14(22-18-12)21(8-11-6-5-10(2)7-11)9-13-16-19-20(3)17-13/h10-11H,4-9H2,1-3H3. The summed E-state index contributed by atoms with van der Waals surface area (Å²) in [5.41, 5.74) is 0. The molecule has 2 aromatic heterocycles. The molecule has 120 valence electrons. The summed E-state index contributed by atoms with van der Waals surface area (Å²) in [6.45, 7) is 6.08. The van der Waals surface area contributed by atoms with Gasteiger partial charge in [-0.2, -0.15) is 9.17 Å². The van der Waals surface area contributed by atoms with Crippen molar-refractivity contribution in [1.29, 1.82) is 0 Å². The minimum atomic E-state index is 0.650. The van der Waals surface area contributed by atoms with Crippen LogP contribution in [-0.4, -0.2) is 36.1 Å². The van der Waals surface area contributed by atoms with E-state index in [0.29, 0.717) is 6.54 Å². The first-order valence-electron chi connectivity index (χ1n) is 7.94. The molecule has 8 heteroatoms.